The standard InChI is InChI=1S/C14H19NS/c1-14(2,3)13-10-7-5-6-8-11(10)16-12(13)9-15-4/h5-8,15H,9H2,1-4H3. The van der Waals surface area contributed by atoms with Crippen molar-refractivity contribution in [3.63, 3.8) is 0 Å². The molecule has 0 aliphatic carbocycles. The van der Waals surface area contributed by atoms with E-state index in [0.29, 0.717) is 0 Å². The van der Waals surface area contributed by atoms with Crippen LogP contribution in [0.5, 0.6) is 0 Å². The molecule has 0 amide bonds. The molecule has 0 aliphatic rings. The number of benzene rings is 1. The zero-order chi connectivity index (χ0) is 11.8. The Morgan fingerprint density at radius 1 is 1.19 bits per heavy atom. The maximum Gasteiger partial charge on any atom is 0.0349 e. The zero-order valence-corrected chi connectivity index (χ0v) is 11.2. The molecule has 2 aromatic rings. The Bertz CT molecular complexity index is 491. The van der Waals surface area contributed by atoms with Gasteiger partial charge in [0.25, 0.3) is 0 Å². The summed E-state index contributed by atoms with van der Waals surface area (Å²) in [5, 5.41) is 4.69. The van der Waals surface area contributed by atoms with Crippen LogP contribution in [-0.2, 0) is 12.0 Å². The van der Waals surface area contributed by atoms with Gasteiger partial charge in [-0.05, 0) is 29.5 Å². The molecule has 2 heteroatoms. The molecular formula is C14H19NS. The Morgan fingerprint density at radius 3 is 2.50 bits per heavy atom. The molecule has 86 valence electrons. The molecule has 0 radical (unpaired) electrons. The molecule has 0 spiro atoms. The molecule has 1 N–H and O–H groups in total. The second kappa shape index (κ2) is 4.19. The monoisotopic (exact) mass is 233 g/mol. The van der Waals surface area contributed by atoms with E-state index in [2.05, 4.69) is 50.4 Å². The van der Waals surface area contributed by atoms with Crippen LogP contribution in [-0.4, -0.2) is 7.05 Å². The van der Waals surface area contributed by atoms with E-state index in [1.54, 1.807) is 0 Å². The van der Waals surface area contributed by atoms with Gasteiger partial charge in [0.1, 0.15) is 0 Å². The van der Waals surface area contributed by atoms with Crippen molar-refractivity contribution in [1.82, 2.24) is 5.32 Å². The summed E-state index contributed by atoms with van der Waals surface area (Å²) in [6.45, 7) is 7.84. The quantitative estimate of drug-likeness (QED) is 0.829. The normalized spacial score (nSPS) is 12.2. The molecule has 16 heavy (non-hydrogen) atoms. The Hall–Kier alpha value is -0.860. The number of rotatable bonds is 2. The van der Waals surface area contributed by atoms with Gasteiger partial charge in [0.2, 0.25) is 0 Å². The van der Waals surface area contributed by atoms with Crippen LogP contribution in [0.4, 0.5) is 0 Å². The minimum Gasteiger partial charge on any atom is -0.315 e. The summed E-state index contributed by atoms with van der Waals surface area (Å²) < 4.78 is 1.40. The molecule has 0 unspecified atom stereocenters. The average Bonchev–Trinajstić information content (AvgIpc) is 2.55. The fourth-order valence-electron chi connectivity index (χ4n) is 2.20. The molecule has 1 aromatic carbocycles. The van der Waals surface area contributed by atoms with Crippen molar-refractivity contribution < 1.29 is 0 Å². The summed E-state index contributed by atoms with van der Waals surface area (Å²) >= 11 is 1.91. The molecule has 0 saturated carbocycles. The smallest absolute Gasteiger partial charge is 0.0349 e. The van der Waals surface area contributed by atoms with E-state index >= 15 is 0 Å². The topological polar surface area (TPSA) is 12.0 Å². The zero-order valence-electron chi connectivity index (χ0n) is 10.4. The number of thiophene rings is 1. The summed E-state index contributed by atoms with van der Waals surface area (Å²) in [4.78, 5) is 1.47. The molecule has 0 saturated heterocycles. The van der Waals surface area contributed by atoms with Crippen molar-refractivity contribution >= 4 is 21.4 Å². The second-order valence-corrected chi connectivity index (χ2v) is 6.31. The van der Waals surface area contributed by atoms with Gasteiger partial charge in [0.05, 0.1) is 0 Å². The Morgan fingerprint density at radius 2 is 1.88 bits per heavy atom. The molecule has 0 fully saturated rings. The third kappa shape index (κ3) is 2.00. The number of nitrogens with one attached hydrogen (secondary N) is 1. The van der Waals surface area contributed by atoms with Crippen LogP contribution in [0.1, 0.15) is 31.2 Å². The molecular weight excluding hydrogens is 214 g/mol. The summed E-state index contributed by atoms with van der Waals surface area (Å²) in [5.41, 5.74) is 1.72. The predicted molar refractivity (Wildman–Crippen MR) is 73.3 cm³/mol. The summed E-state index contributed by atoms with van der Waals surface area (Å²) in [6.07, 6.45) is 0. The van der Waals surface area contributed by atoms with Crippen molar-refractivity contribution in [2.45, 2.75) is 32.7 Å². The highest BCUT2D eigenvalue weighted by molar-refractivity contribution is 7.19. The van der Waals surface area contributed by atoms with Crippen molar-refractivity contribution in [1.29, 1.82) is 0 Å². The first-order valence-electron chi connectivity index (χ1n) is 5.69. The van der Waals surface area contributed by atoms with Gasteiger partial charge in [-0.15, -0.1) is 11.3 Å². The van der Waals surface area contributed by atoms with Crippen molar-refractivity contribution in [3.8, 4) is 0 Å². The Kier molecular flexibility index (Phi) is 3.04. The lowest BCUT2D eigenvalue weighted by atomic mass is 9.85. The molecule has 1 aromatic heterocycles. The minimum absolute atomic E-state index is 0.214. The van der Waals surface area contributed by atoms with Gasteiger partial charge in [-0.25, -0.2) is 0 Å². The maximum absolute atomic E-state index is 3.27. The first-order chi connectivity index (χ1) is 7.54. The Labute approximate surface area is 101 Å². The van der Waals surface area contributed by atoms with Gasteiger partial charge in [0.15, 0.2) is 0 Å². The van der Waals surface area contributed by atoms with E-state index in [9.17, 15) is 0 Å². The van der Waals surface area contributed by atoms with Crippen molar-refractivity contribution in [3.05, 3.63) is 34.7 Å². The van der Waals surface area contributed by atoms with Gasteiger partial charge in [-0.1, -0.05) is 39.0 Å². The third-order valence-electron chi connectivity index (χ3n) is 2.76. The first-order valence-corrected chi connectivity index (χ1v) is 6.51. The average molecular weight is 233 g/mol. The van der Waals surface area contributed by atoms with Crippen LogP contribution >= 0.6 is 11.3 Å². The van der Waals surface area contributed by atoms with Crippen LogP contribution in [0.2, 0.25) is 0 Å². The molecule has 0 atom stereocenters. The largest absolute Gasteiger partial charge is 0.315 e. The van der Waals surface area contributed by atoms with Crippen LogP contribution in [0, 0.1) is 0 Å². The lowest BCUT2D eigenvalue weighted by Gasteiger charge is -2.20. The van der Waals surface area contributed by atoms with Crippen molar-refractivity contribution in [2.24, 2.45) is 0 Å². The van der Waals surface area contributed by atoms with E-state index in [1.165, 1.54) is 20.5 Å². The van der Waals surface area contributed by atoms with E-state index in [1.807, 2.05) is 18.4 Å². The summed E-state index contributed by atoms with van der Waals surface area (Å²) in [7, 11) is 2.01. The highest BCUT2D eigenvalue weighted by Gasteiger charge is 2.22. The SMILES string of the molecule is CNCc1sc2ccccc2c1C(C)(C)C. The van der Waals surface area contributed by atoms with E-state index < -0.39 is 0 Å². The van der Waals surface area contributed by atoms with Gasteiger partial charge in [-0.3, -0.25) is 0 Å². The maximum atomic E-state index is 3.27. The lowest BCUT2D eigenvalue weighted by Crippen LogP contribution is -2.15. The summed E-state index contributed by atoms with van der Waals surface area (Å²) in [5.74, 6) is 0. The van der Waals surface area contributed by atoms with Crippen LogP contribution in [0.15, 0.2) is 24.3 Å². The lowest BCUT2D eigenvalue weighted by molar-refractivity contribution is 0.588. The van der Waals surface area contributed by atoms with Crippen molar-refractivity contribution in [2.75, 3.05) is 7.05 Å². The van der Waals surface area contributed by atoms with Gasteiger partial charge >= 0.3 is 0 Å². The molecule has 2 rings (SSSR count). The first kappa shape index (κ1) is 11.6. The van der Waals surface area contributed by atoms with Crippen LogP contribution in [0.25, 0.3) is 10.1 Å². The van der Waals surface area contributed by atoms with E-state index in [4.69, 9.17) is 0 Å². The fourth-order valence-corrected chi connectivity index (χ4v) is 3.63. The van der Waals surface area contributed by atoms with E-state index in [-0.39, 0.29) is 5.41 Å². The predicted octanol–water partition coefficient (Wildman–Crippen LogP) is 3.92. The highest BCUT2D eigenvalue weighted by Crippen LogP contribution is 2.38. The molecule has 1 nitrogen and oxygen atoms in total. The second-order valence-electron chi connectivity index (χ2n) is 5.18. The molecule has 1 heterocycles. The van der Waals surface area contributed by atoms with Gasteiger partial charge in [0, 0.05) is 16.1 Å². The third-order valence-corrected chi connectivity index (χ3v) is 3.93. The number of fused-ring (bicyclic) bond motifs is 1. The van der Waals surface area contributed by atoms with Crippen LogP contribution < -0.4 is 5.32 Å². The van der Waals surface area contributed by atoms with Gasteiger partial charge < -0.3 is 5.32 Å². The highest BCUT2D eigenvalue weighted by atomic mass is 32.1. The van der Waals surface area contributed by atoms with E-state index in [0.717, 1.165) is 6.54 Å². The van der Waals surface area contributed by atoms with Gasteiger partial charge in [-0.2, -0.15) is 0 Å². The molecule has 0 bridgehead atoms. The number of hydrogen-bond donors (Lipinski definition) is 1. The molecule has 0 aliphatic heterocycles. The van der Waals surface area contributed by atoms with Crippen LogP contribution in [0.3, 0.4) is 0 Å². The Balaban J connectivity index is 2.69. The minimum atomic E-state index is 0.214. The fraction of sp³-hybridized carbons (Fsp3) is 0.429. The number of hydrogen-bond acceptors (Lipinski definition) is 2. The summed E-state index contributed by atoms with van der Waals surface area (Å²) in [6, 6.07) is 8.71.